The van der Waals surface area contributed by atoms with Crippen LogP contribution in [-0.2, 0) is 6.54 Å². The fourth-order valence-electron chi connectivity index (χ4n) is 1.74. The predicted octanol–water partition coefficient (Wildman–Crippen LogP) is 4.42. The van der Waals surface area contributed by atoms with Crippen LogP contribution in [0.15, 0.2) is 41.0 Å². The average Bonchev–Trinajstić information content (AvgIpc) is 2.43. The molecule has 0 aliphatic heterocycles. The smallest absolute Gasteiger partial charge is 0.255 e. The van der Waals surface area contributed by atoms with Crippen molar-refractivity contribution in [3.63, 3.8) is 0 Å². The summed E-state index contributed by atoms with van der Waals surface area (Å²) in [5.41, 5.74) is 1.36. The van der Waals surface area contributed by atoms with Gasteiger partial charge in [0.2, 0.25) is 0 Å². The zero-order chi connectivity index (χ0) is 14.7. The Morgan fingerprint density at radius 1 is 1.35 bits per heavy atom. The van der Waals surface area contributed by atoms with Gasteiger partial charge in [-0.15, -0.1) is 0 Å². The summed E-state index contributed by atoms with van der Waals surface area (Å²) < 4.78 is 0.957. The SMILES string of the molecule is CN(Cc1ccccc1Br)C(=O)c1cc(Cl)ncc1Cl. The second kappa shape index (κ2) is 6.57. The number of hydrogen-bond acceptors (Lipinski definition) is 2. The highest BCUT2D eigenvalue weighted by atomic mass is 79.9. The molecule has 0 N–H and O–H groups in total. The minimum Gasteiger partial charge on any atom is -0.337 e. The molecule has 0 aliphatic rings. The molecule has 3 nitrogen and oxygen atoms in total. The minimum absolute atomic E-state index is 0.199. The van der Waals surface area contributed by atoms with Crippen LogP contribution in [0.4, 0.5) is 0 Å². The van der Waals surface area contributed by atoms with E-state index in [0.717, 1.165) is 10.0 Å². The Balaban J connectivity index is 2.21. The number of benzene rings is 1. The Bertz CT molecular complexity index is 649. The molecule has 0 bridgehead atoms. The van der Waals surface area contributed by atoms with Crippen molar-refractivity contribution < 1.29 is 4.79 Å². The first-order chi connectivity index (χ1) is 9.49. The van der Waals surface area contributed by atoms with Crippen molar-refractivity contribution in [2.24, 2.45) is 0 Å². The second-order valence-electron chi connectivity index (χ2n) is 4.24. The Kier molecular flexibility index (Phi) is 5.02. The first-order valence-corrected chi connectivity index (χ1v) is 7.34. The molecule has 0 saturated carbocycles. The summed E-state index contributed by atoms with van der Waals surface area (Å²) in [6.07, 6.45) is 1.38. The maximum absolute atomic E-state index is 12.4. The van der Waals surface area contributed by atoms with Crippen LogP contribution in [0.3, 0.4) is 0 Å². The van der Waals surface area contributed by atoms with Gasteiger partial charge in [0.05, 0.1) is 10.6 Å². The number of amides is 1. The van der Waals surface area contributed by atoms with Crippen LogP contribution in [0.1, 0.15) is 15.9 Å². The number of carbonyl (C=O) groups excluding carboxylic acids is 1. The molecule has 0 fully saturated rings. The van der Waals surface area contributed by atoms with Gasteiger partial charge in [-0.05, 0) is 17.7 Å². The monoisotopic (exact) mass is 372 g/mol. The van der Waals surface area contributed by atoms with E-state index in [1.54, 1.807) is 11.9 Å². The second-order valence-corrected chi connectivity index (χ2v) is 5.89. The molecule has 0 radical (unpaired) electrons. The van der Waals surface area contributed by atoms with E-state index < -0.39 is 0 Å². The van der Waals surface area contributed by atoms with E-state index in [9.17, 15) is 4.79 Å². The summed E-state index contributed by atoms with van der Waals surface area (Å²) in [6.45, 7) is 0.469. The van der Waals surface area contributed by atoms with Gasteiger partial charge in [-0.1, -0.05) is 57.3 Å². The number of rotatable bonds is 3. The Labute approximate surface area is 135 Å². The number of pyridine rings is 1. The molecule has 20 heavy (non-hydrogen) atoms. The molecule has 1 aromatic carbocycles. The molecule has 0 aliphatic carbocycles. The van der Waals surface area contributed by atoms with Gasteiger partial charge in [0.1, 0.15) is 5.15 Å². The van der Waals surface area contributed by atoms with Crippen LogP contribution in [0.2, 0.25) is 10.2 Å². The maximum atomic E-state index is 12.4. The minimum atomic E-state index is -0.199. The Morgan fingerprint density at radius 3 is 2.75 bits per heavy atom. The quantitative estimate of drug-likeness (QED) is 0.746. The highest BCUT2D eigenvalue weighted by Gasteiger charge is 2.17. The van der Waals surface area contributed by atoms with Crippen LogP contribution < -0.4 is 0 Å². The van der Waals surface area contributed by atoms with E-state index in [0.29, 0.717) is 17.1 Å². The van der Waals surface area contributed by atoms with Gasteiger partial charge in [-0.25, -0.2) is 4.98 Å². The lowest BCUT2D eigenvalue weighted by atomic mass is 10.2. The first-order valence-electron chi connectivity index (χ1n) is 5.79. The zero-order valence-electron chi connectivity index (χ0n) is 10.6. The van der Waals surface area contributed by atoms with Gasteiger partial charge in [0.15, 0.2) is 0 Å². The van der Waals surface area contributed by atoms with Crippen molar-refractivity contribution in [3.8, 4) is 0 Å². The Hall–Kier alpha value is -1.10. The highest BCUT2D eigenvalue weighted by molar-refractivity contribution is 9.10. The van der Waals surface area contributed by atoms with E-state index in [1.165, 1.54) is 12.3 Å². The van der Waals surface area contributed by atoms with Crippen molar-refractivity contribution >= 4 is 45.0 Å². The zero-order valence-corrected chi connectivity index (χ0v) is 13.7. The van der Waals surface area contributed by atoms with Gasteiger partial charge < -0.3 is 4.90 Å². The molecular formula is C14H11BrCl2N2O. The molecule has 2 aromatic rings. The van der Waals surface area contributed by atoms with Gasteiger partial charge >= 0.3 is 0 Å². The lowest BCUT2D eigenvalue weighted by Crippen LogP contribution is -2.26. The van der Waals surface area contributed by atoms with Crippen LogP contribution in [0.25, 0.3) is 0 Å². The largest absolute Gasteiger partial charge is 0.337 e. The number of hydrogen-bond donors (Lipinski definition) is 0. The molecule has 1 amide bonds. The van der Waals surface area contributed by atoms with E-state index >= 15 is 0 Å². The van der Waals surface area contributed by atoms with Gasteiger partial charge in [0, 0.05) is 24.3 Å². The van der Waals surface area contributed by atoms with Crippen LogP contribution in [0.5, 0.6) is 0 Å². The average molecular weight is 374 g/mol. The van der Waals surface area contributed by atoms with Crippen molar-refractivity contribution in [1.82, 2.24) is 9.88 Å². The van der Waals surface area contributed by atoms with Crippen LogP contribution >= 0.6 is 39.1 Å². The Morgan fingerprint density at radius 2 is 2.05 bits per heavy atom. The van der Waals surface area contributed by atoms with Crippen molar-refractivity contribution in [3.05, 3.63) is 62.3 Å². The summed E-state index contributed by atoms with van der Waals surface area (Å²) in [5.74, 6) is -0.199. The molecule has 0 atom stereocenters. The van der Waals surface area contributed by atoms with Gasteiger partial charge in [-0.2, -0.15) is 0 Å². The third-order valence-electron chi connectivity index (χ3n) is 2.76. The summed E-state index contributed by atoms with van der Waals surface area (Å²) in [5, 5.41) is 0.533. The number of halogens is 3. The molecule has 0 spiro atoms. The molecule has 1 aromatic heterocycles. The number of aromatic nitrogens is 1. The third kappa shape index (κ3) is 3.51. The molecule has 2 rings (SSSR count). The maximum Gasteiger partial charge on any atom is 0.255 e. The fourth-order valence-corrected chi connectivity index (χ4v) is 2.49. The number of carbonyl (C=O) groups is 1. The topological polar surface area (TPSA) is 33.2 Å². The van der Waals surface area contributed by atoms with Crippen molar-refractivity contribution in [1.29, 1.82) is 0 Å². The highest BCUT2D eigenvalue weighted by Crippen LogP contribution is 2.22. The van der Waals surface area contributed by atoms with E-state index in [-0.39, 0.29) is 11.1 Å². The first kappa shape index (κ1) is 15.3. The molecule has 1 heterocycles. The molecule has 0 saturated heterocycles. The summed E-state index contributed by atoms with van der Waals surface area (Å²) in [7, 11) is 1.71. The summed E-state index contributed by atoms with van der Waals surface area (Å²) in [4.78, 5) is 17.8. The van der Waals surface area contributed by atoms with Crippen molar-refractivity contribution in [2.45, 2.75) is 6.54 Å². The molecule has 0 unspecified atom stereocenters. The molecule has 104 valence electrons. The fraction of sp³-hybridized carbons (Fsp3) is 0.143. The standard InChI is InChI=1S/C14H11BrCl2N2O/c1-19(8-9-4-2-3-5-11(9)15)14(20)10-6-13(17)18-7-12(10)16/h2-7H,8H2,1H3. The van der Waals surface area contributed by atoms with Crippen LogP contribution in [-0.4, -0.2) is 22.8 Å². The lowest BCUT2D eigenvalue weighted by molar-refractivity contribution is 0.0785. The summed E-state index contributed by atoms with van der Waals surface area (Å²) >= 11 is 15.3. The van der Waals surface area contributed by atoms with E-state index in [2.05, 4.69) is 20.9 Å². The number of nitrogens with zero attached hydrogens (tertiary/aromatic N) is 2. The summed E-state index contributed by atoms with van der Waals surface area (Å²) in [6, 6.07) is 9.21. The lowest BCUT2D eigenvalue weighted by Gasteiger charge is -2.18. The predicted molar refractivity (Wildman–Crippen MR) is 84.2 cm³/mol. The van der Waals surface area contributed by atoms with E-state index in [4.69, 9.17) is 23.2 Å². The van der Waals surface area contributed by atoms with Gasteiger partial charge in [-0.3, -0.25) is 4.79 Å². The normalized spacial score (nSPS) is 10.4. The van der Waals surface area contributed by atoms with E-state index in [1.807, 2.05) is 24.3 Å². The van der Waals surface area contributed by atoms with Crippen molar-refractivity contribution in [2.75, 3.05) is 7.05 Å². The van der Waals surface area contributed by atoms with Crippen LogP contribution in [0, 0.1) is 0 Å². The van der Waals surface area contributed by atoms with Gasteiger partial charge in [0.25, 0.3) is 5.91 Å². The third-order valence-corrected chi connectivity index (χ3v) is 4.05. The molecule has 6 heteroatoms. The molecular weight excluding hydrogens is 363 g/mol.